The van der Waals surface area contributed by atoms with Crippen LogP contribution in [0.3, 0.4) is 0 Å². The first-order valence-electron chi connectivity index (χ1n) is 6.74. The number of esters is 1. The van der Waals surface area contributed by atoms with Gasteiger partial charge in [-0.05, 0) is 0 Å². The molecule has 2 aliphatic rings. The lowest BCUT2D eigenvalue weighted by molar-refractivity contribution is -0.147. The van der Waals surface area contributed by atoms with Crippen LogP contribution >= 0.6 is 7.82 Å². The summed E-state index contributed by atoms with van der Waals surface area (Å²) < 4.78 is 25.7. The Morgan fingerprint density at radius 3 is 2.71 bits per heavy atom. The Morgan fingerprint density at radius 2 is 2.17 bits per heavy atom. The largest absolute Gasteiger partial charge is 0.528 e. The monoisotopic (exact) mass is 369 g/mol. The molecule has 0 spiro atoms. The first-order valence-corrected chi connectivity index (χ1v) is 8.24. The van der Waals surface area contributed by atoms with E-state index in [9.17, 15) is 29.3 Å². The van der Waals surface area contributed by atoms with E-state index in [0.29, 0.717) is 0 Å². The van der Waals surface area contributed by atoms with E-state index in [1.807, 2.05) is 0 Å². The van der Waals surface area contributed by atoms with Crippen LogP contribution in [0, 0.1) is 0 Å². The minimum absolute atomic E-state index is 0.0355. The number of phosphoric acid groups is 1. The van der Waals surface area contributed by atoms with Crippen molar-refractivity contribution in [3.8, 4) is 0 Å². The second kappa shape index (κ2) is 7.05. The van der Waals surface area contributed by atoms with Gasteiger partial charge in [0.1, 0.15) is 12.1 Å². The summed E-state index contributed by atoms with van der Waals surface area (Å²) in [4.78, 5) is 32.0. The van der Waals surface area contributed by atoms with Crippen molar-refractivity contribution in [2.75, 3.05) is 13.2 Å². The second-order valence-corrected chi connectivity index (χ2v) is 6.44. The molecule has 0 saturated carbocycles. The summed E-state index contributed by atoms with van der Waals surface area (Å²) in [6, 6.07) is -0.955. The summed E-state index contributed by atoms with van der Waals surface area (Å²) in [5.41, 5.74) is 0. The van der Waals surface area contributed by atoms with Crippen molar-refractivity contribution in [3.63, 3.8) is 0 Å². The zero-order valence-electron chi connectivity index (χ0n) is 12.1. The molecule has 13 heteroatoms. The number of aliphatic hydroxyl groups excluding tert-OH is 3. The number of aliphatic hydroxyl groups is 3. The highest BCUT2D eigenvalue weighted by molar-refractivity contribution is 7.47. The predicted molar refractivity (Wildman–Crippen MR) is 72.5 cm³/mol. The van der Waals surface area contributed by atoms with Crippen LogP contribution in [0.15, 0.2) is 11.5 Å². The van der Waals surface area contributed by atoms with Gasteiger partial charge in [0.05, 0.1) is 12.7 Å². The molecule has 2 unspecified atom stereocenters. The van der Waals surface area contributed by atoms with Gasteiger partial charge in [-0.15, -0.1) is 0 Å². The molecule has 0 aromatic carbocycles. The number of aliphatic carboxylic acids is 1. The normalized spacial score (nSPS) is 30.8. The number of carbonyl (C=O) groups is 2. The van der Waals surface area contributed by atoms with Gasteiger partial charge in [-0.1, -0.05) is 0 Å². The minimum atomic E-state index is -4.88. The highest BCUT2D eigenvalue weighted by Gasteiger charge is 2.45. The molecule has 2 aliphatic heterocycles. The van der Waals surface area contributed by atoms with Crippen molar-refractivity contribution >= 4 is 19.8 Å². The van der Waals surface area contributed by atoms with E-state index in [2.05, 4.69) is 14.6 Å². The third-order valence-corrected chi connectivity index (χ3v) is 4.31. The number of ether oxygens (including phenoxy) is 1. The predicted octanol–water partition coefficient (Wildman–Crippen LogP) is -2.02. The molecule has 2 heterocycles. The number of carboxylic acid groups (broad SMARTS) is 1. The van der Waals surface area contributed by atoms with Crippen molar-refractivity contribution in [1.82, 2.24) is 5.32 Å². The van der Waals surface area contributed by atoms with E-state index in [1.54, 1.807) is 0 Å². The number of nitrogens with one attached hydrogen (secondary N) is 1. The van der Waals surface area contributed by atoms with Gasteiger partial charge < -0.3 is 35.0 Å². The Balaban J connectivity index is 2.03. The summed E-state index contributed by atoms with van der Waals surface area (Å²) in [6.07, 6.45) is -4.36. The third-order valence-electron chi connectivity index (χ3n) is 3.34. The zero-order chi connectivity index (χ0) is 18.1. The highest BCUT2D eigenvalue weighted by atomic mass is 31.2. The maximum absolute atomic E-state index is 11.9. The summed E-state index contributed by atoms with van der Waals surface area (Å²) >= 11 is 0. The molecule has 0 radical (unpaired) electrons. The molecule has 24 heavy (non-hydrogen) atoms. The van der Waals surface area contributed by atoms with Crippen LogP contribution in [0.1, 0.15) is 6.42 Å². The van der Waals surface area contributed by atoms with Gasteiger partial charge in [-0.3, -0.25) is 14.2 Å². The van der Waals surface area contributed by atoms with Gasteiger partial charge in [0.2, 0.25) is 0 Å². The number of rotatable bonds is 7. The molecule has 0 aromatic heterocycles. The van der Waals surface area contributed by atoms with E-state index in [0.717, 1.165) is 0 Å². The SMILES string of the molecule is O=C1O[C@H]([C@@H](O)CO)C(O)=C1OP(=O)(O)OC1CN[C@@H](C(=O)O)C1. The standard InChI is InChI=1S/C11H16NO11P/c13-3-6(14)8-7(15)9(11(18)21-8)23-24(19,20)22-4-1-5(10(16)17)12-2-4/h4-6,8,12-15H,1-3H2,(H,16,17)(H,19,20)/t4?,5-,6+,8-/m1/s1. The number of hydrogen-bond donors (Lipinski definition) is 6. The molecule has 2 rings (SSSR count). The topological polar surface area (TPSA) is 192 Å². The first kappa shape index (κ1) is 18.6. The summed E-state index contributed by atoms with van der Waals surface area (Å²) in [6.45, 7) is -0.876. The fraction of sp³-hybridized carbons (Fsp3) is 0.636. The van der Waals surface area contributed by atoms with Gasteiger partial charge in [-0.2, -0.15) is 0 Å². The van der Waals surface area contributed by atoms with Crippen LogP contribution in [-0.2, 0) is 27.9 Å². The van der Waals surface area contributed by atoms with E-state index in [-0.39, 0.29) is 13.0 Å². The summed E-state index contributed by atoms with van der Waals surface area (Å²) in [5, 5.41) is 39.2. The molecular weight excluding hydrogens is 353 g/mol. The molecule has 5 atom stereocenters. The molecule has 0 aliphatic carbocycles. The second-order valence-electron chi connectivity index (χ2n) is 5.11. The van der Waals surface area contributed by atoms with Gasteiger partial charge in [-0.25, -0.2) is 9.36 Å². The Morgan fingerprint density at radius 1 is 1.50 bits per heavy atom. The van der Waals surface area contributed by atoms with Crippen LogP contribution in [0.2, 0.25) is 0 Å². The number of hydrogen-bond acceptors (Lipinski definition) is 10. The average molecular weight is 369 g/mol. The van der Waals surface area contributed by atoms with Gasteiger partial charge in [0.15, 0.2) is 11.9 Å². The van der Waals surface area contributed by atoms with E-state index in [4.69, 9.17) is 14.7 Å². The lowest BCUT2D eigenvalue weighted by Crippen LogP contribution is -2.31. The molecule has 6 N–H and O–H groups in total. The van der Waals surface area contributed by atoms with Crippen LogP contribution in [0.5, 0.6) is 0 Å². The third kappa shape index (κ3) is 4.04. The number of carboxylic acids is 1. The molecule has 0 aromatic rings. The minimum Gasteiger partial charge on any atom is -0.505 e. The molecule has 1 fully saturated rings. The Kier molecular flexibility index (Phi) is 5.48. The van der Waals surface area contributed by atoms with E-state index >= 15 is 0 Å². The zero-order valence-corrected chi connectivity index (χ0v) is 13.0. The van der Waals surface area contributed by atoms with Crippen LogP contribution in [-0.4, -0.2) is 74.8 Å². The molecule has 0 amide bonds. The quantitative estimate of drug-likeness (QED) is 0.213. The van der Waals surface area contributed by atoms with Crippen LogP contribution in [0.4, 0.5) is 0 Å². The molecule has 12 nitrogen and oxygen atoms in total. The lowest BCUT2D eigenvalue weighted by atomic mass is 10.2. The summed E-state index contributed by atoms with van der Waals surface area (Å²) in [5.74, 6) is -4.47. The Bertz CT molecular complexity index is 605. The van der Waals surface area contributed by atoms with Gasteiger partial charge in [0, 0.05) is 13.0 Å². The Hall–Kier alpha value is -1.69. The van der Waals surface area contributed by atoms with Crippen molar-refractivity contribution < 1.29 is 53.3 Å². The molecule has 1 saturated heterocycles. The average Bonchev–Trinajstić information content (AvgIpc) is 3.06. The smallest absolute Gasteiger partial charge is 0.505 e. The Labute approximate surface area is 134 Å². The van der Waals surface area contributed by atoms with Gasteiger partial charge >= 0.3 is 19.8 Å². The molecular formula is C11H16NO11P. The lowest BCUT2D eigenvalue weighted by Gasteiger charge is -2.16. The fourth-order valence-electron chi connectivity index (χ4n) is 2.20. The fourth-order valence-corrected chi connectivity index (χ4v) is 3.18. The van der Waals surface area contributed by atoms with Crippen molar-refractivity contribution in [2.45, 2.75) is 30.8 Å². The number of carbonyl (C=O) groups excluding carboxylic acids is 1. The maximum Gasteiger partial charge on any atom is 0.528 e. The van der Waals surface area contributed by atoms with Crippen molar-refractivity contribution in [2.24, 2.45) is 0 Å². The first-order chi connectivity index (χ1) is 11.1. The van der Waals surface area contributed by atoms with Crippen LogP contribution in [0.25, 0.3) is 0 Å². The van der Waals surface area contributed by atoms with Crippen molar-refractivity contribution in [1.29, 1.82) is 0 Å². The molecule has 136 valence electrons. The van der Waals surface area contributed by atoms with Gasteiger partial charge in [0.25, 0.3) is 5.76 Å². The van der Waals surface area contributed by atoms with Crippen molar-refractivity contribution in [3.05, 3.63) is 11.5 Å². The highest BCUT2D eigenvalue weighted by Crippen LogP contribution is 2.49. The van der Waals surface area contributed by atoms with E-state index in [1.165, 1.54) is 0 Å². The molecule has 0 bridgehead atoms. The maximum atomic E-state index is 11.9. The summed E-state index contributed by atoms with van der Waals surface area (Å²) in [7, 11) is -4.88. The number of cyclic esters (lactones) is 1. The number of phosphoric ester groups is 1. The van der Waals surface area contributed by atoms with Crippen LogP contribution < -0.4 is 5.32 Å². The van der Waals surface area contributed by atoms with E-state index < -0.39 is 62.2 Å².